The maximum absolute atomic E-state index is 9.21. The molecular weight excluding hydrogens is 214 g/mol. The quantitative estimate of drug-likeness (QED) is 0.845. The number of phenols is 1. The highest BCUT2D eigenvalue weighted by Gasteiger charge is 2.21. The molecule has 1 N–H and O–H groups in total. The lowest BCUT2D eigenvalue weighted by Gasteiger charge is -2.01. The van der Waals surface area contributed by atoms with Gasteiger partial charge in [-0.05, 0) is 49.9 Å². The average Bonchev–Trinajstić information content (AvgIpc) is 3.00. The third-order valence-corrected chi connectivity index (χ3v) is 2.57. The second kappa shape index (κ2) is 4.20. The second-order valence-corrected chi connectivity index (χ2v) is 3.74. The van der Waals surface area contributed by atoms with Crippen molar-refractivity contribution < 1.29 is 5.11 Å². The van der Waals surface area contributed by atoms with Gasteiger partial charge in [0.15, 0.2) is 0 Å². The van der Waals surface area contributed by atoms with Crippen LogP contribution in [-0.2, 0) is 0 Å². The number of aromatic hydroxyl groups is 1. The monoisotopic (exact) mass is 224 g/mol. The summed E-state index contributed by atoms with van der Waals surface area (Å²) >= 11 is 0. The van der Waals surface area contributed by atoms with Crippen LogP contribution in [0.5, 0.6) is 5.75 Å². The highest BCUT2D eigenvalue weighted by Crippen LogP contribution is 2.28. The van der Waals surface area contributed by atoms with Gasteiger partial charge in [0, 0.05) is 5.92 Å². The average molecular weight is 224 g/mol. The van der Waals surface area contributed by atoms with Crippen LogP contribution in [0.3, 0.4) is 0 Å². The van der Waals surface area contributed by atoms with Crippen molar-refractivity contribution in [1.82, 2.24) is 15.0 Å². The number of aromatic nitrogens is 3. The van der Waals surface area contributed by atoms with Crippen molar-refractivity contribution in [3.8, 4) is 11.4 Å². The number of nitrogens with zero attached hydrogens (tertiary/aromatic N) is 3. The van der Waals surface area contributed by atoms with Gasteiger partial charge in [-0.3, -0.25) is 0 Å². The fourth-order valence-electron chi connectivity index (χ4n) is 1.67. The third-order valence-electron chi connectivity index (χ3n) is 2.57. The highest BCUT2D eigenvalue weighted by molar-refractivity contribution is 5.46. The smallest absolute Gasteiger partial charge is 0.115 e. The summed E-state index contributed by atoms with van der Waals surface area (Å²) in [5.41, 5.74) is 1.70. The molecule has 1 saturated carbocycles. The molecule has 0 amide bonds. The molecule has 2 aromatic rings. The Hall–Kier alpha value is -1.84. The van der Waals surface area contributed by atoms with Gasteiger partial charge >= 0.3 is 0 Å². The molecule has 1 aliphatic rings. The van der Waals surface area contributed by atoms with Crippen LogP contribution < -0.4 is 0 Å². The Balaban J connectivity index is 1.86. The van der Waals surface area contributed by atoms with Gasteiger partial charge in [0.1, 0.15) is 5.75 Å². The van der Waals surface area contributed by atoms with E-state index in [0.29, 0.717) is 0 Å². The lowest BCUT2D eigenvalue weighted by Crippen LogP contribution is -1.95. The SMILES string of the molecule is Oc1ccc(-n2cc([C]3[CH][CH][CH][CH]3)nn2)cc1. The molecule has 4 nitrogen and oxygen atoms in total. The van der Waals surface area contributed by atoms with E-state index in [0.717, 1.165) is 17.3 Å². The maximum Gasteiger partial charge on any atom is 0.115 e. The first-order valence-electron chi connectivity index (χ1n) is 5.27. The lowest BCUT2D eigenvalue weighted by atomic mass is 10.1. The minimum Gasteiger partial charge on any atom is -0.508 e. The van der Waals surface area contributed by atoms with Gasteiger partial charge in [-0.15, -0.1) is 5.10 Å². The van der Waals surface area contributed by atoms with E-state index in [2.05, 4.69) is 10.3 Å². The summed E-state index contributed by atoms with van der Waals surface area (Å²) < 4.78 is 1.68. The molecule has 0 atom stereocenters. The van der Waals surface area contributed by atoms with Gasteiger partial charge in [-0.2, -0.15) is 0 Å². The first-order valence-corrected chi connectivity index (χ1v) is 5.27. The molecule has 3 rings (SSSR count). The number of phenolic OH excluding ortho intramolecular Hbond substituents is 1. The Morgan fingerprint density at radius 2 is 1.71 bits per heavy atom. The molecule has 0 saturated heterocycles. The molecule has 1 aromatic carbocycles. The van der Waals surface area contributed by atoms with Crippen LogP contribution >= 0.6 is 0 Å². The van der Waals surface area contributed by atoms with Crippen LogP contribution in [0.15, 0.2) is 30.5 Å². The zero-order chi connectivity index (χ0) is 11.7. The molecule has 0 unspecified atom stereocenters. The summed E-state index contributed by atoms with van der Waals surface area (Å²) in [6.07, 6.45) is 9.78. The van der Waals surface area contributed by atoms with Gasteiger partial charge in [0.2, 0.25) is 0 Å². The van der Waals surface area contributed by atoms with Crippen molar-refractivity contribution in [2.24, 2.45) is 0 Å². The molecule has 83 valence electrons. The number of hydrogen-bond donors (Lipinski definition) is 1. The van der Waals surface area contributed by atoms with Gasteiger partial charge in [0.25, 0.3) is 0 Å². The summed E-state index contributed by atoms with van der Waals surface area (Å²) in [6, 6.07) is 6.83. The molecule has 0 spiro atoms. The summed E-state index contributed by atoms with van der Waals surface area (Å²) in [5.74, 6) is 1.29. The highest BCUT2D eigenvalue weighted by atomic mass is 16.3. The van der Waals surface area contributed by atoms with Gasteiger partial charge in [0.05, 0.1) is 17.6 Å². The Morgan fingerprint density at radius 1 is 1.00 bits per heavy atom. The zero-order valence-electron chi connectivity index (χ0n) is 8.99. The largest absolute Gasteiger partial charge is 0.508 e. The fraction of sp³-hybridized carbons (Fsp3) is 0. The van der Waals surface area contributed by atoms with E-state index in [4.69, 9.17) is 0 Å². The first kappa shape index (κ1) is 10.3. The van der Waals surface area contributed by atoms with Crippen LogP contribution in [0, 0.1) is 31.6 Å². The first-order chi connectivity index (χ1) is 8.33. The molecule has 0 bridgehead atoms. The van der Waals surface area contributed by atoms with Crippen molar-refractivity contribution in [2.45, 2.75) is 0 Å². The summed E-state index contributed by atoms with van der Waals surface area (Å²) in [5, 5.41) is 17.4. The number of rotatable bonds is 2. The fourth-order valence-corrected chi connectivity index (χ4v) is 1.67. The van der Waals surface area contributed by atoms with E-state index in [1.165, 1.54) is 0 Å². The van der Waals surface area contributed by atoms with E-state index in [9.17, 15) is 5.11 Å². The summed E-state index contributed by atoms with van der Waals surface area (Å²) in [4.78, 5) is 0. The molecule has 1 aliphatic carbocycles. The molecule has 4 heteroatoms. The predicted molar refractivity (Wildman–Crippen MR) is 62.6 cm³/mol. The molecule has 5 radical (unpaired) electrons. The van der Waals surface area contributed by atoms with E-state index >= 15 is 0 Å². The third kappa shape index (κ3) is 2.02. The van der Waals surface area contributed by atoms with E-state index in [1.807, 2.05) is 31.9 Å². The maximum atomic E-state index is 9.21. The topological polar surface area (TPSA) is 50.9 Å². The molecule has 17 heavy (non-hydrogen) atoms. The number of benzene rings is 1. The molecule has 0 aliphatic heterocycles. The summed E-state index contributed by atoms with van der Waals surface area (Å²) in [6.45, 7) is 0. The Kier molecular flexibility index (Phi) is 2.55. The van der Waals surface area contributed by atoms with Crippen molar-refractivity contribution in [3.05, 3.63) is 67.8 Å². The van der Waals surface area contributed by atoms with Crippen LogP contribution in [-0.4, -0.2) is 20.1 Å². The van der Waals surface area contributed by atoms with Crippen molar-refractivity contribution in [3.63, 3.8) is 0 Å². The van der Waals surface area contributed by atoms with E-state index < -0.39 is 0 Å². The molecular formula is C13H10N3O. The van der Waals surface area contributed by atoms with Gasteiger partial charge in [-0.25, -0.2) is 4.68 Å². The van der Waals surface area contributed by atoms with Crippen LogP contribution in [0.2, 0.25) is 0 Å². The van der Waals surface area contributed by atoms with Crippen molar-refractivity contribution >= 4 is 0 Å². The standard InChI is InChI=1S/C13H10N3O/c17-12-7-5-11(6-8-12)16-9-13(14-15-16)10-3-1-2-4-10/h1-9,17H. The Morgan fingerprint density at radius 3 is 2.41 bits per heavy atom. The minimum atomic E-state index is 0.241. The number of hydrogen-bond acceptors (Lipinski definition) is 3. The Labute approximate surface area is 99.9 Å². The van der Waals surface area contributed by atoms with E-state index in [-0.39, 0.29) is 5.75 Å². The van der Waals surface area contributed by atoms with Crippen molar-refractivity contribution in [1.29, 1.82) is 0 Å². The molecule has 1 fully saturated rings. The van der Waals surface area contributed by atoms with Crippen LogP contribution in [0.25, 0.3) is 5.69 Å². The van der Waals surface area contributed by atoms with Gasteiger partial charge < -0.3 is 5.11 Å². The predicted octanol–water partition coefficient (Wildman–Crippen LogP) is 1.73. The van der Waals surface area contributed by atoms with Gasteiger partial charge in [-0.1, -0.05) is 5.21 Å². The summed E-state index contributed by atoms with van der Waals surface area (Å²) in [7, 11) is 0. The van der Waals surface area contributed by atoms with Crippen LogP contribution in [0.1, 0.15) is 5.69 Å². The zero-order valence-corrected chi connectivity index (χ0v) is 8.99. The Bertz CT molecular complexity index is 498. The minimum absolute atomic E-state index is 0.241. The van der Waals surface area contributed by atoms with Crippen molar-refractivity contribution in [2.75, 3.05) is 0 Å². The molecule has 1 aromatic heterocycles. The normalized spacial score (nSPS) is 16.5. The molecule has 1 heterocycles. The van der Waals surface area contributed by atoms with Crippen LogP contribution in [0.4, 0.5) is 0 Å². The second-order valence-electron chi connectivity index (χ2n) is 3.74. The lowest BCUT2D eigenvalue weighted by molar-refractivity contribution is 0.475. The van der Waals surface area contributed by atoms with E-state index in [1.54, 1.807) is 28.9 Å².